The largest absolute Gasteiger partial charge is 0.357 e. The summed E-state index contributed by atoms with van der Waals surface area (Å²) < 4.78 is 0. The summed E-state index contributed by atoms with van der Waals surface area (Å²) in [5.74, 6) is 0.336. The molecule has 2 aliphatic heterocycles. The summed E-state index contributed by atoms with van der Waals surface area (Å²) in [6.07, 6.45) is 2.57. The number of H-pyrrole nitrogens is 1. The Morgan fingerprint density at radius 1 is 1.43 bits per heavy atom. The Bertz CT molecular complexity index is 725. The molecule has 120 valence electrons. The maximum absolute atomic E-state index is 13.1. The van der Waals surface area contributed by atoms with Crippen LogP contribution in [-0.4, -0.2) is 41.3 Å². The van der Waals surface area contributed by atoms with Gasteiger partial charge in [0.25, 0.3) is 5.91 Å². The third-order valence-corrected chi connectivity index (χ3v) is 5.97. The van der Waals surface area contributed by atoms with Crippen LogP contribution < -0.4 is 4.90 Å². The van der Waals surface area contributed by atoms with Gasteiger partial charge in [0.05, 0.1) is 11.1 Å². The van der Waals surface area contributed by atoms with Gasteiger partial charge < -0.3 is 14.8 Å². The fourth-order valence-corrected chi connectivity index (χ4v) is 4.55. The van der Waals surface area contributed by atoms with Crippen molar-refractivity contribution in [2.45, 2.75) is 13.3 Å². The first-order valence-corrected chi connectivity index (χ1v) is 8.83. The lowest BCUT2D eigenvalue weighted by Gasteiger charge is -2.26. The molecule has 0 radical (unpaired) electrons. The second-order valence-electron chi connectivity index (χ2n) is 6.51. The van der Waals surface area contributed by atoms with E-state index in [4.69, 9.17) is 0 Å². The van der Waals surface area contributed by atoms with Crippen molar-refractivity contribution in [2.24, 2.45) is 11.3 Å². The van der Waals surface area contributed by atoms with Crippen molar-refractivity contribution >= 4 is 28.8 Å². The molecule has 0 aliphatic carbocycles. The summed E-state index contributed by atoms with van der Waals surface area (Å²) in [5, 5.41) is 4.01. The minimum absolute atomic E-state index is 0.0134. The van der Waals surface area contributed by atoms with Crippen molar-refractivity contribution in [1.82, 2.24) is 9.88 Å². The van der Waals surface area contributed by atoms with E-state index in [0.717, 1.165) is 18.7 Å². The van der Waals surface area contributed by atoms with Crippen LogP contribution in [0.3, 0.4) is 0 Å². The molecule has 1 N–H and O–H groups in total. The van der Waals surface area contributed by atoms with Crippen molar-refractivity contribution in [2.75, 3.05) is 24.5 Å². The lowest BCUT2D eigenvalue weighted by molar-refractivity contribution is -0.126. The van der Waals surface area contributed by atoms with Gasteiger partial charge in [0.1, 0.15) is 5.69 Å². The molecular formula is C17H19N3O2S. The molecule has 0 saturated carbocycles. The first kappa shape index (κ1) is 14.5. The minimum Gasteiger partial charge on any atom is -0.357 e. The number of carbonyl (C=O) groups excluding carboxylic acids is 2. The van der Waals surface area contributed by atoms with Crippen LogP contribution in [0.4, 0.5) is 5.69 Å². The minimum atomic E-state index is -0.426. The number of aromatic amines is 1. The van der Waals surface area contributed by atoms with Gasteiger partial charge in [0.15, 0.2) is 0 Å². The number of rotatable bonds is 2. The van der Waals surface area contributed by atoms with Gasteiger partial charge in [-0.05, 0) is 35.9 Å². The highest BCUT2D eigenvalue weighted by Crippen LogP contribution is 2.46. The zero-order valence-electron chi connectivity index (χ0n) is 13.0. The number of nitrogens with zero attached hydrogens (tertiary/aromatic N) is 2. The number of hydrogen-bond acceptors (Lipinski definition) is 3. The summed E-state index contributed by atoms with van der Waals surface area (Å²) in [6, 6.07) is 5.59. The summed E-state index contributed by atoms with van der Waals surface area (Å²) >= 11 is 1.60. The first-order chi connectivity index (χ1) is 11.1. The number of aromatic nitrogens is 1. The van der Waals surface area contributed by atoms with Gasteiger partial charge in [-0.3, -0.25) is 9.59 Å². The first-order valence-electron chi connectivity index (χ1n) is 7.89. The average molecular weight is 329 g/mol. The number of anilines is 1. The SMILES string of the molecule is C[C@H]1CN(C(=O)c2ccc[nH]2)C[C@@]12CCN(c1ccsc1)C2=O. The Kier molecular flexibility index (Phi) is 3.30. The highest BCUT2D eigenvalue weighted by Gasteiger charge is 2.56. The van der Waals surface area contributed by atoms with E-state index in [2.05, 4.69) is 11.9 Å². The van der Waals surface area contributed by atoms with Crippen LogP contribution in [0.25, 0.3) is 0 Å². The van der Waals surface area contributed by atoms with E-state index in [1.807, 2.05) is 32.7 Å². The van der Waals surface area contributed by atoms with E-state index in [1.54, 1.807) is 23.6 Å². The number of hydrogen-bond donors (Lipinski definition) is 1. The molecule has 0 bridgehead atoms. The number of thiophene rings is 1. The van der Waals surface area contributed by atoms with E-state index in [9.17, 15) is 9.59 Å². The van der Waals surface area contributed by atoms with Crippen LogP contribution in [0.2, 0.25) is 0 Å². The zero-order valence-corrected chi connectivity index (χ0v) is 13.8. The number of nitrogens with one attached hydrogen (secondary N) is 1. The maximum atomic E-state index is 13.1. The Hall–Kier alpha value is -2.08. The third-order valence-electron chi connectivity index (χ3n) is 5.30. The van der Waals surface area contributed by atoms with E-state index in [-0.39, 0.29) is 17.7 Å². The molecule has 23 heavy (non-hydrogen) atoms. The number of carbonyl (C=O) groups is 2. The molecule has 2 saturated heterocycles. The fourth-order valence-electron chi connectivity index (χ4n) is 3.90. The van der Waals surface area contributed by atoms with Gasteiger partial charge >= 0.3 is 0 Å². The molecule has 2 aliphatic rings. The Morgan fingerprint density at radius 2 is 2.30 bits per heavy atom. The molecule has 5 nitrogen and oxygen atoms in total. The highest BCUT2D eigenvalue weighted by atomic mass is 32.1. The van der Waals surface area contributed by atoms with Crippen LogP contribution in [0, 0.1) is 11.3 Å². The van der Waals surface area contributed by atoms with Crippen LogP contribution in [0.5, 0.6) is 0 Å². The molecule has 2 amide bonds. The molecule has 2 atom stereocenters. The van der Waals surface area contributed by atoms with Crippen LogP contribution in [0.1, 0.15) is 23.8 Å². The predicted molar refractivity (Wildman–Crippen MR) is 89.6 cm³/mol. The van der Waals surface area contributed by atoms with Crippen molar-refractivity contribution in [1.29, 1.82) is 0 Å². The van der Waals surface area contributed by atoms with Crippen LogP contribution in [0.15, 0.2) is 35.2 Å². The lowest BCUT2D eigenvalue weighted by Crippen LogP contribution is -2.40. The molecule has 2 fully saturated rings. The topological polar surface area (TPSA) is 56.4 Å². The standard InChI is InChI=1S/C17H19N3O2S/c1-12-9-19(15(21)14-3-2-6-18-14)11-17(12)5-7-20(16(17)22)13-4-8-23-10-13/h2-4,6,8,10,12,18H,5,7,9,11H2,1H3/t12-,17-/m0/s1. The molecule has 4 rings (SSSR count). The molecule has 1 spiro atoms. The molecule has 0 aromatic carbocycles. The van der Waals surface area contributed by atoms with Gasteiger partial charge in [0, 0.05) is 31.2 Å². The third kappa shape index (κ3) is 2.12. The monoisotopic (exact) mass is 329 g/mol. The van der Waals surface area contributed by atoms with Gasteiger partial charge in [-0.1, -0.05) is 6.92 Å². The quantitative estimate of drug-likeness (QED) is 0.921. The second-order valence-corrected chi connectivity index (χ2v) is 7.30. The normalized spacial score (nSPS) is 27.3. The molecule has 6 heteroatoms. The van der Waals surface area contributed by atoms with E-state index in [1.165, 1.54) is 0 Å². The van der Waals surface area contributed by atoms with Crippen molar-refractivity contribution < 1.29 is 9.59 Å². The van der Waals surface area contributed by atoms with Gasteiger partial charge in [-0.25, -0.2) is 0 Å². The number of likely N-dealkylation sites (tertiary alicyclic amines) is 1. The van der Waals surface area contributed by atoms with Crippen molar-refractivity contribution in [3.05, 3.63) is 40.8 Å². The van der Waals surface area contributed by atoms with Gasteiger partial charge in [-0.2, -0.15) is 11.3 Å². The lowest BCUT2D eigenvalue weighted by atomic mass is 9.78. The molecule has 4 heterocycles. The highest BCUT2D eigenvalue weighted by molar-refractivity contribution is 7.08. The number of amides is 2. The molecule has 2 aromatic rings. The smallest absolute Gasteiger partial charge is 0.270 e. The van der Waals surface area contributed by atoms with Crippen LogP contribution in [-0.2, 0) is 4.79 Å². The van der Waals surface area contributed by atoms with Crippen molar-refractivity contribution in [3.63, 3.8) is 0 Å². The molecule has 2 aromatic heterocycles. The van der Waals surface area contributed by atoms with E-state index in [0.29, 0.717) is 18.8 Å². The average Bonchev–Trinajstić information content (AvgIpc) is 3.31. The van der Waals surface area contributed by atoms with Gasteiger partial charge in [0.2, 0.25) is 5.91 Å². The summed E-state index contributed by atoms with van der Waals surface area (Å²) in [4.78, 5) is 32.3. The molecule has 0 unspecified atom stereocenters. The summed E-state index contributed by atoms with van der Waals surface area (Å²) in [5.41, 5.74) is 1.15. The summed E-state index contributed by atoms with van der Waals surface area (Å²) in [7, 11) is 0. The van der Waals surface area contributed by atoms with E-state index < -0.39 is 5.41 Å². The second kappa shape index (κ2) is 5.23. The predicted octanol–water partition coefficient (Wildman–Crippen LogP) is 2.59. The fraction of sp³-hybridized carbons (Fsp3) is 0.412. The molecular weight excluding hydrogens is 310 g/mol. The Balaban J connectivity index is 1.58. The Morgan fingerprint density at radius 3 is 3.00 bits per heavy atom. The Labute approximate surface area is 138 Å². The van der Waals surface area contributed by atoms with E-state index >= 15 is 0 Å². The van der Waals surface area contributed by atoms with Crippen LogP contribution >= 0.6 is 11.3 Å². The zero-order chi connectivity index (χ0) is 16.0. The summed E-state index contributed by atoms with van der Waals surface area (Å²) in [6.45, 7) is 3.99. The maximum Gasteiger partial charge on any atom is 0.270 e. The van der Waals surface area contributed by atoms with Crippen molar-refractivity contribution in [3.8, 4) is 0 Å². The van der Waals surface area contributed by atoms with Gasteiger partial charge in [-0.15, -0.1) is 0 Å².